The van der Waals surface area contributed by atoms with Crippen LogP contribution in [-0.2, 0) is 9.53 Å². The van der Waals surface area contributed by atoms with Crippen LogP contribution in [0.25, 0.3) is 0 Å². The van der Waals surface area contributed by atoms with Gasteiger partial charge < -0.3 is 15.0 Å². The number of hydrogen-bond donors (Lipinski definition) is 1. The van der Waals surface area contributed by atoms with E-state index in [0.29, 0.717) is 6.61 Å². The maximum absolute atomic E-state index is 11.8. The van der Waals surface area contributed by atoms with Gasteiger partial charge in [-0.1, -0.05) is 19.8 Å². The Morgan fingerprint density at radius 1 is 1.17 bits per heavy atom. The van der Waals surface area contributed by atoms with Crippen molar-refractivity contribution in [3.05, 3.63) is 0 Å². The van der Waals surface area contributed by atoms with E-state index in [1.807, 2.05) is 14.0 Å². The lowest BCUT2D eigenvalue weighted by atomic mass is 9.83. The Morgan fingerprint density at radius 2 is 1.79 bits per heavy atom. The van der Waals surface area contributed by atoms with Crippen molar-refractivity contribution < 1.29 is 9.53 Å². The number of aliphatic imine (C=N–C) groups is 1. The van der Waals surface area contributed by atoms with E-state index in [0.717, 1.165) is 50.3 Å². The maximum Gasteiger partial charge on any atom is 0.309 e. The summed E-state index contributed by atoms with van der Waals surface area (Å²) in [6.07, 6.45) is 7.10. The SMILES string of the molecule is CCOC(=O)C1CCN(C(=NC)NCC2CCC(C)CC2)CC1.I. The van der Waals surface area contributed by atoms with Crippen LogP contribution >= 0.6 is 24.0 Å². The Kier molecular flexibility index (Phi) is 10.0. The first kappa shape index (κ1) is 21.5. The zero-order valence-electron chi connectivity index (χ0n) is 15.4. The minimum Gasteiger partial charge on any atom is -0.466 e. The average Bonchev–Trinajstić information content (AvgIpc) is 2.58. The fourth-order valence-corrected chi connectivity index (χ4v) is 3.69. The number of piperidine rings is 1. The molecule has 24 heavy (non-hydrogen) atoms. The molecule has 0 unspecified atom stereocenters. The number of ether oxygens (including phenoxy) is 1. The van der Waals surface area contributed by atoms with Crippen LogP contribution in [0.2, 0.25) is 0 Å². The molecule has 0 radical (unpaired) electrons. The highest BCUT2D eigenvalue weighted by atomic mass is 127. The van der Waals surface area contributed by atoms with Gasteiger partial charge in [-0.15, -0.1) is 24.0 Å². The number of rotatable bonds is 4. The molecule has 1 saturated carbocycles. The minimum atomic E-state index is -0.0357. The van der Waals surface area contributed by atoms with Crippen LogP contribution in [0.4, 0.5) is 0 Å². The van der Waals surface area contributed by atoms with Gasteiger partial charge in [-0.05, 0) is 44.4 Å². The molecule has 1 saturated heterocycles. The summed E-state index contributed by atoms with van der Waals surface area (Å²) in [5, 5.41) is 3.55. The van der Waals surface area contributed by atoms with Crippen LogP contribution in [0.5, 0.6) is 0 Å². The Labute approximate surface area is 164 Å². The second-order valence-electron chi connectivity index (χ2n) is 7.07. The van der Waals surface area contributed by atoms with Crippen LogP contribution in [-0.4, -0.2) is 50.1 Å². The molecule has 1 N–H and O–H groups in total. The van der Waals surface area contributed by atoms with Gasteiger partial charge in [0.25, 0.3) is 0 Å². The van der Waals surface area contributed by atoms with E-state index in [4.69, 9.17) is 4.74 Å². The summed E-state index contributed by atoms with van der Waals surface area (Å²) in [6.45, 7) is 7.48. The maximum atomic E-state index is 11.8. The first-order valence-corrected chi connectivity index (χ1v) is 9.26. The minimum absolute atomic E-state index is 0. The van der Waals surface area contributed by atoms with E-state index in [-0.39, 0.29) is 35.9 Å². The normalized spacial score (nSPS) is 25.8. The van der Waals surface area contributed by atoms with Crippen molar-refractivity contribution in [3.63, 3.8) is 0 Å². The van der Waals surface area contributed by atoms with Crippen molar-refractivity contribution in [2.24, 2.45) is 22.7 Å². The highest BCUT2D eigenvalue weighted by Gasteiger charge is 2.27. The second kappa shape index (κ2) is 11.2. The summed E-state index contributed by atoms with van der Waals surface area (Å²) in [4.78, 5) is 18.5. The van der Waals surface area contributed by atoms with Crippen molar-refractivity contribution in [1.82, 2.24) is 10.2 Å². The van der Waals surface area contributed by atoms with Gasteiger partial charge in [-0.2, -0.15) is 0 Å². The molecular formula is C18H34IN3O2. The molecule has 1 heterocycles. The van der Waals surface area contributed by atoms with Crippen molar-refractivity contribution in [2.45, 2.75) is 52.4 Å². The summed E-state index contributed by atoms with van der Waals surface area (Å²) in [5.41, 5.74) is 0. The summed E-state index contributed by atoms with van der Waals surface area (Å²) < 4.78 is 5.14. The van der Waals surface area contributed by atoms with Gasteiger partial charge in [-0.25, -0.2) is 0 Å². The molecule has 2 rings (SSSR count). The van der Waals surface area contributed by atoms with Crippen LogP contribution in [0, 0.1) is 17.8 Å². The number of carbonyl (C=O) groups is 1. The summed E-state index contributed by atoms with van der Waals surface area (Å²) in [6, 6.07) is 0. The molecule has 5 nitrogen and oxygen atoms in total. The predicted octanol–water partition coefficient (Wildman–Crippen LogP) is 3.28. The number of carbonyl (C=O) groups excluding carboxylic acids is 1. The Morgan fingerprint density at radius 3 is 2.33 bits per heavy atom. The lowest BCUT2D eigenvalue weighted by Crippen LogP contribution is -2.47. The smallest absolute Gasteiger partial charge is 0.309 e. The second-order valence-corrected chi connectivity index (χ2v) is 7.07. The topological polar surface area (TPSA) is 53.9 Å². The number of guanidine groups is 1. The predicted molar refractivity (Wildman–Crippen MR) is 109 cm³/mol. The van der Waals surface area contributed by atoms with E-state index in [9.17, 15) is 4.79 Å². The fourth-order valence-electron chi connectivity index (χ4n) is 3.69. The number of likely N-dealkylation sites (tertiary alicyclic amines) is 1. The molecule has 1 aliphatic heterocycles. The third kappa shape index (κ3) is 6.41. The van der Waals surface area contributed by atoms with Gasteiger partial charge in [-0.3, -0.25) is 9.79 Å². The molecule has 0 aromatic heterocycles. The highest BCUT2D eigenvalue weighted by Crippen LogP contribution is 2.27. The molecule has 0 spiro atoms. The lowest BCUT2D eigenvalue weighted by Gasteiger charge is -2.34. The molecule has 0 aromatic rings. The van der Waals surface area contributed by atoms with Crippen molar-refractivity contribution >= 4 is 35.9 Å². The van der Waals surface area contributed by atoms with Crippen molar-refractivity contribution in [2.75, 3.05) is 33.3 Å². The zero-order valence-corrected chi connectivity index (χ0v) is 17.8. The molecule has 0 amide bonds. The summed E-state index contributed by atoms with van der Waals surface area (Å²) in [5.74, 6) is 2.69. The molecule has 2 aliphatic rings. The number of halogens is 1. The van der Waals surface area contributed by atoms with Gasteiger partial charge in [0.1, 0.15) is 0 Å². The summed E-state index contributed by atoms with van der Waals surface area (Å²) >= 11 is 0. The van der Waals surface area contributed by atoms with Crippen molar-refractivity contribution in [3.8, 4) is 0 Å². The van der Waals surface area contributed by atoms with Crippen LogP contribution < -0.4 is 5.32 Å². The van der Waals surface area contributed by atoms with E-state index < -0.39 is 0 Å². The van der Waals surface area contributed by atoms with Crippen LogP contribution in [0.15, 0.2) is 4.99 Å². The highest BCUT2D eigenvalue weighted by molar-refractivity contribution is 14.0. The largest absolute Gasteiger partial charge is 0.466 e. The van der Waals surface area contributed by atoms with Crippen LogP contribution in [0.3, 0.4) is 0 Å². The van der Waals surface area contributed by atoms with E-state index >= 15 is 0 Å². The summed E-state index contributed by atoms with van der Waals surface area (Å²) in [7, 11) is 1.85. The van der Waals surface area contributed by atoms with Gasteiger partial charge in [0.05, 0.1) is 12.5 Å². The number of nitrogens with one attached hydrogen (secondary N) is 1. The molecule has 6 heteroatoms. The number of esters is 1. The Hall–Kier alpha value is -0.530. The quantitative estimate of drug-likeness (QED) is 0.309. The molecule has 1 aliphatic carbocycles. The number of nitrogens with zero attached hydrogens (tertiary/aromatic N) is 2. The van der Waals surface area contributed by atoms with E-state index in [2.05, 4.69) is 22.1 Å². The Balaban J connectivity index is 0.00000288. The fraction of sp³-hybridized carbons (Fsp3) is 0.889. The molecule has 2 fully saturated rings. The molecule has 0 atom stereocenters. The third-order valence-electron chi connectivity index (χ3n) is 5.31. The molecule has 0 bridgehead atoms. The van der Waals surface area contributed by atoms with Gasteiger partial charge in [0.2, 0.25) is 0 Å². The Bertz CT molecular complexity index is 401. The van der Waals surface area contributed by atoms with Crippen molar-refractivity contribution in [1.29, 1.82) is 0 Å². The molecular weight excluding hydrogens is 417 g/mol. The number of hydrogen-bond acceptors (Lipinski definition) is 3. The first-order valence-electron chi connectivity index (χ1n) is 9.26. The lowest BCUT2D eigenvalue weighted by molar-refractivity contribution is -0.149. The van der Waals surface area contributed by atoms with E-state index in [1.54, 1.807) is 0 Å². The standard InChI is InChI=1S/C18H33N3O2.HI/c1-4-23-17(22)16-9-11-21(12-10-16)18(19-3)20-13-15-7-5-14(2)6-8-15;/h14-16H,4-13H2,1-3H3,(H,19,20);1H. The first-order chi connectivity index (χ1) is 11.1. The van der Waals surface area contributed by atoms with Gasteiger partial charge in [0.15, 0.2) is 5.96 Å². The zero-order chi connectivity index (χ0) is 16.7. The average molecular weight is 451 g/mol. The monoisotopic (exact) mass is 451 g/mol. The molecule has 0 aromatic carbocycles. The third-order valence-corrected chi connectivity index (χ3v) is 5.31. The molecule has 140 valence electrons. The van der Waals surface area contributed by atoms with E-state index in [1.165, 1.54) is 25.7 Å². The van der Waals surface area contributed by atoms with Gasteiger partial charge >= 0.3 is 5.97 Å². The van der Waals surface area contributed by atoms with Crippen LogP contribution in [0.1, 0.15) is 52.4 Å². The van der Waals surface area contributed by atoms with Gasteiger partial charge in [0, 0.05) is 26.7 Å².